The lowest BCUT2D eigenvalue weighted by Crippen LogP contribution is -1.87. The number of fused-ring (bicyclic) bond motifs is 7. The first-order valence-electron chi connectivity index (χ1n) is 12.9. The third-order valence-corrected chi connectivity index (χ3v) is 7.68. The molecule has 176 valence electrons. The van der Waals surface area contributed by atoms with Gasteiger partial charge >= 0.3 is 0 Å². The molecule has 0 amide bonds. The lowest BCUT2D eigenvalue weighted by atomic mass is 9.95. The minimum atomic E-state index is 0.945. The molecule has 0 aliphatic heterocycles. The van der Waals surface area contributed by atoms with E-state index in [1.54, 1.807) is 0 Å². The normalized spacial score (nSPS) is 11.7. The molecule has 0 N–H and O–H groups in total. The second-order valence-electron chi connectivity index (χ2n) is 9.94. The molecule has 0 aliphatic carbocycles. The van der Waals surface area contributed by atoms with Crippen molar-refractivity contribution in [3.63, 3.8) is 0 Å². The zero-order chi connectivity index (χ0) is 25.1. The molecule has 0 saturated heterocycles. The molecular formula is C36H22N2. The summed E-state index contributed by atoms with van der Waals surface area (Å²) in [5.41, 5.74) is 6.58. The molecule has 0 saturated carbocycles. The molecule has 8 rings (SSSR count). The third kappa shape index (κ3) is 3.35. The zero-order valence-electron chi connectivity index (χ0n) is 20.6. The molecule has 0 bridgehead atoms. The smallest absolute Gasteiger partial charge is 0.0964 e. The Kier molecular flexibility index (Phi) is 4.55. The van der Waals surface area contributed by atoms with Crippen LogP contribution in [0, 0.1) is 0 Å². The maximum absolute atomic E-state index is 4.78. The molecule has 0 atom stereocenters. The van der Waals surface area contributed by atoms with E-state index in [0.717, 1.165) is 32.9 Å². The van der Waals surface area contributed by atoms with Gasteiger partial charge in [0.2, 0.25) is 0 Å². The van der Waals surface area contributed by atoms with Crippen LogP contribution in [0.3, 0.4) is 0 Å². The molecule has 0 fully saturated rings. The molecular weight excluding hydrogens is 460 g/mol. The number of aromatic nitrogens is 2. The quantitative estimate of drug-likeness (QED) is 0.181. The molecule has 2 heterocycles. The van der Waals surface area contributed by atoms with E-state index in [0.29, 0.717) is 0 Å². The monoisotopic (exact) mass is 482 g/mol. The predicted molar refractivity (Wildman–Crippen MR) is 160 cm³/mol. The van der Waals surface area contributed by atoms with Crippen molar-refractivity contribution in [2.45, 2.75) is 0 Å². The maximum Gasteiger partial charge on any atom is 0.0964 e. The SMILES string of the molecule is c1ccc2c(c1)ccc1cc3cc(-c4ccc(-c5cnc6c(ccc7cccnc76)c5)cc4)ccc3cc12. The predicted octanol–water partition coefficient (Wildman–Crippen LogP) is 9.58. The number of nitrogens with zero attached hydrogens (tertiary/aromatic N) is 2. The highest BCUT2D eigenvalue weighted by atomic mass is 14.7. The first-order valence-corrected chi connectivity index (χ1v) is 12.9. The Morgan fingerprint density at radius 1 is 0.342 bits per heavy atom. The lowest BCUT2D eigenvalue weighted by Gasteiger charge is -2.10. The van der Waals surface area contributed by atoms with Crippen molar-refractivity contribution in [2.24, 2.45) is 0 Å². The fourth-order valence-corrected chi connectivity index (χ4v) is 5.68. The Balaban J connectivity index is 1.16. The Morgan fingerprint density at radius 3 is 1.92 bits per heavy atom. The van der Waals surface area contributed by atoms with Gasteiger partial charge in [0, 0.05) is 28.7 Å². The highest BCUT2D eigenvalue weighted by Crippen LogP contribution is 2.33. The van der Waals surface area contributed by atoms with Crippen LogP contribution in [-0.2, 0) is 0 Å². The molecule has 38 heavy (non-hydrogen) atoms. The van der Waals surface area contributed by atoms with Crippen LogP contribution in [0.4, 0.5) is 0 Å². The van der Waals surface area contributed by atoms with Crippen LogP contribution in [0.1, 0.15) is 0 Å². The molecule has 6 aromatic carbocycles. The Bertz CT molecular complexity index is 2180. The van der Waals surface area contributed by atoms with Crippen molar-refractivity contribution < 1.29 is 0 Å². The third-order valence-electron chi connectivity index (χ3n) is 7.68. The number of hydrogen-bond donors (Lipinski definition) is 0. The van der Waals surface area contributed by atoms with E-state index >= 15 is 0 Å². The van der Waals surface area contributed by atoms with Gasteiger partial charge in [-0.3, -0.25) is 9.97 Å². The molecule has 0 spiro atoms. The minimum Gasteiger partial charge on any atom is -0.254 e. The van der Waals surface area contributed by atoms with Crippen molar-refractivity contribution in [3.8, 4) is 22.3 Å². The second kappa shape index (κ2) is 8.22. The Morgan fingerprint density at radius 2 is 1.00 bits per heavy atom. The van der Waals surface area contributed by atoms with Crippen LogP contribution < -0.4 is 0 Å². The first kappa shape index (κ1) is 21.0. The Labute approximate surface area is 219 Å². The first-order chi connectivity index (χ1) is 18.8. The summed E-state index contributed by atoms with van der Waals surface area (Å²) >= 11 is 0. The molecule has 0 aliphatic rings. The fourth-order valence-electron chi connectivity index (χ4n) is 5.68. The van der Waals surface area contributed by atoms with Gasteiger partial charge in [-0.2, -0.15) is 0 Å². The zero-order valence-corrected chi connectivity index (χ0v) is 20.6. The van der Waals surface area contributed by atoms with Crippen molar-refractivity contribution in [1.29, 1.82) is 0 Å². The van der Waals surface area contributed by atoms with Crippen LogP contribution in [0.15, 0.2) is 134 Å². The van der Waals surface area contributed by atoms with Crippen LogP contribution in [0.2, 0.25) is 0 Å². The Hall–Kier alpha value is -5.08. The molecule has 0 unspecified atom stereocenters. The van der Waals surface area contributed by atoms with Gasteiger partial charge in [0.25, 0.3) is 0 Å². The van der Waals surface area contributed by atoms with Crippen molar-refractivity contribution >= 4 is 54.1 Å². The molecule has 2 nitrogen and oxygen atoms in total. The highest BCUT2D eigenvalue weighted by molar-refractivity contribution is 6.12. The topological polar surface area (TPSA) is 25.8 Å². The highest BCUT2D eigenvalue weighted by Gasteiger charge is 2.08. The summed E-state index contributed by atoms with van der Waals surface area (Å²) in [6.07, 6.45) is 3.78. The minimum absolute atomic E-state index is 0.945. The van der Waals surface area contributed by atoms with Gasteiger partial charge in [0.15, 0.2) is 0 Å². The second-order valence-corrected chi connectivity index (χ2v) is 9.94. The number of benzene rings is 6. The van der Waals surface area contributed by atoms with E-state index in [4.69, 9.17) is 4.98 Å². The standard InChI is InChI=1S/C36H22N2/c1-2-6-33-25(4-1)11-15-29-19-31-18-27(13-14-28(31)21-34(29)33)23-7-9-24(10-8-23)32-20-30-16-12-26-5-3-17-37-35(26)36(30)38-22-32/h1-22H. The summed E-state index contributed by atoms with van der Waals surface area (Å²) in [6.45, 7) is 0. The average Bonchev–Trinajstić information content (AvgIpc) is 2.99. The van der Waals surface area contributed by atoms with Crippen LogP contribution in [-0.4, -0.2) is 9.97 Å². The fraction of sp³-hybridized carbons (Fsp3) is 0. The summed E-state index contributed by atoms with van der Waals surface area (Å²) in [5, 5.41) is 9.90. The largest absolute Gasteiger partial charge is 0.254 e. The van der Waals surface area contributed by atoms with E-state index in [9.17, 15) is 0 Å². The van der Waals surface area contributed by atoms with E-state index in [-0.39, 0.29) is 0 Å². The van der Waals surface area contributed by atoms with Crippen LogP contribution in [0.25, 0.3) is 76.4 Å². The summed E-state index contributed by atoms with van der Waals surface area (Å²) in [6, 6.07) is 43.7. The van der Waals surface area contributed by atoms with Crippen molar-refractivity contribution in [2.75, 3.05) is 0 Å². The summed E-state index contributed by atoms with van der Waals surface area (Å²) in [7, 11) is 0. The van der Waals surface area contributed by atoms with Gasteiger partial charge in [-0.15, -0.1) is 0 Å². The van der Waals surface area contributed by atoms with Gasteiger partial charge in [-0.1, -0.05) is 91.0 Å². The van der Waals surface area contributed by atoms with Crippen molar-refractivity contribution in [3.05, 3.63) is 134 Å². The van der Waals surface area contributed by atoms with Crippen LogP contribution in [0.5, 0.6) is 0 Å². The van der Waals surface area contributed by atoms with E-state index < -0.39 is 0 Å². The summed E-state index contributed by atoms with van der Waals surface area (Å²) < 4.78 is 0. The summed E-state index contributed by atoms with van der Waals surface area (Å²) in [5.74, 6) is 0. The lowest BCUT2D eigenvalue weighted by molar-refractivity contribution is 1.37. The van der Waals surface area contributed by atoms with Gasteiger partial charge in [0.1, 0.15) is 0 Å². The van der Waals surface area contributed by atoms with Crippen LogP contribution >= 0.6 is 0 Å². The number of rotatable bonds is 2. The van der Waals surface area contributed by atoms with Gasteiger partial charge in [-0.25, -0.2) is 0 Å². The van der Waals surface area contributed by atoms with Gasteiger partial charge in [-0.05, 0) is 79.3 Å². The molecule has 0 radical (unpaired) electrons. The van der Waals surface area contributed by atoms with E-state index in [1.165, 1.54) is 43.4 Å². The van der Waals surface area contributed by atoms with Crippen molar-refractivity contribution in [1.82, 2.24) is 9.97 Å². The maximum atomic E-state index is 4.78. The summed E-state index contributed by atoms with van der Waals surface area (Å²) in [4.78, 5) is 9.33. The molecule has 2 aromatic heterocycles. The van der Waals surface area contributed by atoms with E-state index in [1.807, 2.05) is 18.5 Å². The molecule has 2 heteroatoms. The average molecular weight is 483 g/mol. The molecule has 8 aromatic rings. The number of pyridine rings is 2. The van der Waals surface area contributed by atoms with Gasteiger partial charge in [0.05, 0.1) is 11.0 Å². The van der Waals surface area contributed by atoms with Gasteiger partial charge < -0.3 is 0 Å². The number of hydrogen-bond acceptors (Lipinski definition) is 2. The van der Waals surface area contributed by atoms with E-state index in [2.05, 4.69) is 120 Å².